The molecule has 2 fully saturated rings. The number of para-hydroxylation sites is 1. The number of benzene rings is 2. The first-order valence-electron chi connectivity index (χ1n) is 11.2. The predicted octanol–water partition coefficient (Wildman–Crippen LogP) is 4.77. The standard InChI is InChI=1S/C26H28N2O3S2/c1-31-22-10-6-5-9-21(22)18-23-25(30)28(26(32)33-23)16-13-24(29)27-14-11-20(12-15-27)17-19-7-3-2-4-8-19/h2-10,18,20H,11-17H2,1H3. The SMILES string of the molecule is COc1ccccc1C=C1SC(=S)N(CCC(=O)N2CCC(Cc3ccccc3)CC2)C1=O. The quantitative estimate of drug-likeness (QED) is 0.422. The first kappa shape index (κ1) is 23.5. The van der Waals surface area contributed by atoms with Crippen molar-refractivity contribution in [2.75, 3.05) is 26.7 Å². The molecular weight excluding hydrogens is 452 g/mol. The molecule has 0 atom stereocenters. The fraction of sp³-hybridized carbons (Fsp3) is 0.346. The maximum atomic E-state index is 12.9. The molecule has 4 rings (SSSR count). The number of ether oxygens (including phenoxy) is 1. The van der Waals surface area contributed by atoms with Crippen molar-refractivity contribution < 1.29 is 14.3 Å². The Bertz CT molecular complexity index is 1050. The van der Waals surface area contributed by atoms with E-state index < -0.39 is 0 Å². The highest BCUT2D eigenvalue weighted by atomic mass is 32.2. The van der Waals surface area contributed by atoms with E-state index in [0.29, 0.717) is 27.4 Å². The van der Waals surface area contributed by atoms with Gasteiger partial charge < -0.3 is 9.64 Å². The second-order valence-corrected chi connectivity index (χ2v) is 10.0. The second-order valence-electron chi connectivity index (χ2n) is 8.34. The zero-order chi connectivity index (χ0) is 23.2. The third kappa shape index (κ3) is 5.84. The van der Waals surface area contributed by atoms with Gasteiger partial charge in [0.05, 0.1) is 12.0 Å². The van der Waals surface area contributed by atoms with Gasteiger partial charge in [0.15, 0.2) is 0 Å². The second kappa shape index (κ2) is 11.0. The number of thioether (sulfide) groups is 1. The molecule has 0 spiro atoms. The molecule has 2 aliphatic rings. The summed E-state index contributed by atoms with van der Waals surface area (Å²) in [6.07, 6.45) is 5.19. The number of hydrogen-bond acceptors (Lipinski definition) is 5. The molecule has 0 unspecified atom stereocenters. The van der Waals surface area contributed by atoms with E-state index in [2.05, 4.69) is 24.3 Å². The molecule has 0 N–H and O–H groups in total. The summed E-state index contributed by atoms with van der Waals surface area (Å²) in [4.78, 5) is 29.7. The highest BCUT2D eigenvalue weighted by Gasteiger charge is 2.33. The molecule has 0 saturated carbocycles. The fourth-order valence-corrected chi connectivity index (χ4v) is 5.62. The highest BCUT2D eigenvalue weighted by molar-refractivity contribution is 8.26. The molecule has 2 heterocycles. The van der Waals surface area contributed by atoms with Gasteiger partial charge in [-0.2, -0.15) is 0 Å². The van der Waals surface area contributed by atoms with Crippen LogP contribution in [-0.4, -0.2) is 52.7 Å². The summed E-state index contributed by atoms with van der Waals surface area (Å²) in [7, 11) is 1.61. The van der Waals surface area contributed by atoms with Gasteiger partial charge in [-0.3, -0.25) is 14.5 Å². The number of amides is 2. The molecule has 0 bridgehead atoms. The summed E-state index contributed by atoms with van der Waals surface area (Å²) in [6.45, 7) is 1.88. The molecule has 5 nitrogen and oxygen atoms in total. The Morgan fingerprint density at radius 1 is 1.12 bits per heavy atom. The largest absolute Gasteiger partial charge is 0.496 e. The Labute approximate surface area is 204 Å². The topological polar surface area (TPSA) is 49.9 Å². The molecule has 33 heavy (non-hydrogen) atoms. The molecule has 2 saturated heterocycles. The minimum Gasteiger partial charge on any atom is -0.496 e. The number of thiocarbonyl (C=S) groups is 1. The molecule has 172 valence electrons. The Kier molecular flexibility index (Phi) is 7.83. The number of hydrogen-bond donors (Lipinski definition) is 0. The average molecular weight is 481 g/mol. The van der Waals surface area contributed by atoms with Crippen molar-refractivity contribution in [2.45, 2.75) is 25.7 Å². The predicted molar refractivity (Wildman–Crippen MR) is 137 cm³/mol. The fourth-order valence-electron chi connectivity index (χ4n) is 4.32. The lowest BCUT2D eigenvalue weighted by atomic mass is 9.90. The van der Waals surface area contributed by atoms with E-state index >= 15 is 0 Å². The van der Waals surface area contributed by atoms with Gasteiger partial charge in [0.1, 0.15) is 10.1 Å². The van der Waals surface area contributed by atoms with Crippen LogP contribution in [0.5, 0.6) is 5.75 Å². The van der Waals surface area contributed by atoms with Crippen molar-refractivity contribution in [1.29, 1.82) is 0 Å². The Morgan fingerprint density at radius 2 is 1.82 bits per heavy atom. The van der Waals surface area contributed by atoms with E-state index in [0.717, 1.165) is 37.9 Å². The van der Waals surface area contributed by atoms with Crippen LogP contribution >= 0.6 is 24.0 Å². The normalized spacial score (nSPS) is 18.3. The first-order valence-corrected chi connectivity index (χ1v) is 12.5. The van der Waals surface area contributed by atoms with Gasteiger partial charge in [-0.1, -0.05) is 72.5 Å². The Morgan fingerprint density at radius 3 is 2.55 bits per heavy atom. The van der Waals surface area contributed by atoms with Crippen molar-refractivity contribution in [3.05, 3.63) is 70.6 Å². The lowest BCUT2D eigenvalue weighted by molar-refractivity contribution is -0.133. The van der Waals surface area contributed by atoms with E-state index in [-0.39, 0.29) is 18.2 Å². The summed E-state index contributed by atoms with van der Waals surface area (Å²) in [5.74, 6) is 1.26. The third-order valence-corrected chi connectivity index (χ3v) is 7.56. The minimum atomic E-state index is -0.148. The van der Waals surface area contributed by atoms with Crippen LogP contribution < -0.4 is 4.74 Å². The van der Waals surface area contributed by atoms with Crippen LogP contribution in [0.2, 0.25) is 0 Å². The van der Waals surface area contributed by atoms with Crippen molar-refractivity contribution >= 4 is 46.2 Å². The van der Waals surface area contributed by atoms with Gasteiger partial charge in [-0.25, -0.2) is 0 Å². The van der Waals surface area contributed by atoms with Crippen molar-refractivity contribution in [3.8, 4) is 5.75 Å². The van der Waals surface area contributed by atoms with Gasteiger partial charge in [-0.05, 0) is 42.9 Å². The van der Waals surface area contributed by atoms with Gasteiger partial charge in [0, 0.05) is 31.6 Å². The molecule has 0 aliphatic carbocycles. The van der Waals surface area contributed by atoms with E-state index in [4.69, 9.17) is 17.0 Å². The van der Waals surface area contributed by atoms with Crippen molar-refractivity contribution in [1.82, 2.24) is 9.80 Å². The van der Waals surface area contributed by atoms with Crippen molar-refractivity contribution in [2.24, 2.45) is 5.92 Å². The molecule has 2 aromatic rings. The van der Waals surface area contributed by atoms with Crippen LogP contribution in [-0.2, 0) is 16.0 Å². The summed E-state index contributed by atoms with van der Waals surface area (Å²) < 4.78 is 5.87. The minimum absolute atomic E-state index is 0.0934. The van der Waals surface area contributed by atoms with E-state index in [9.17, 15) is 9.59 Å². The monoisotopic (exact) mass is 480 g/mol. The third-order valence-electron chi connectivity index (χ3n) is 6.18. The summed E-state index contributed by atoms with van der Waals surface area (Å²) in [5.41, 5.74) is 2.19. The smallest absolute Gasteiger partial charge is 0.266 e. The highest BCUT2D eigenvalue weighted by Crippen LogP contribution is 2.34. The number of carbonyl (C=O) groups is 2. The average Bonchev–Trinajstić information content (AvgIpc) is 3.11. The Hall–Kier alpha value is -2.64. The van der Waals surface area contributed by atoms with Crippen molar-refractivity contribution in [3.63, 3.8) is 0 Å². The van der Waals surface area contributed by atoms with Gasteiger partial charge in [-0.15, -0.1) is 0 Å². The molecule has 0 aromatic heterocycles. The molecule has 7 heteroatoms. The van der Waals surface area contributed by atoms with Gasteiger partial charge >= 0.3 is 0 Å². The van der Waals surface area contributed by atoms with E-state index in [1.165, 1.54) is 17.3 Å². The molecular formula is C26H28N2O3S2. The number of carbonyl (C=O) groups excluding carboxylic acids is 2. The molecule has 2 amide bonds. The van der Waals surface area contributed by atoms with E-state index in [1.54, 1.807) is 18.1 Å². The summed E-state index contributed by atoms with van der Waals surface area (Å²) in [6, 6.07) is 18.1. The number of rotatable bonds is 7. The molecule has 2 aliphatic heterocycles. The van der Waals surface area contributed by atoms with Crippen LogP contribution in [0.1, 0.15) is 30.4 Å². The number of likely N-dealkylation sites (tertiary alicyclic amines) is 1. The first-order chi connectivity index (χ1) is 16.0. The van der Waals surface area contributed by atoms with Crippen LogP contribution in [0.4, 0.5) is 0 Å². The number of nitrogens with zero attached hydrogens (tertiary/aromatic N) is 2. The zero-order valence-electron chi connectivity index (χ0n) is 18.7. The lowest BCUT2D eigenvalue weighted by Crippen LogP contribution is -2.41. The maximum Gasteiger partial charge on any atom is 0.266 e. The number of piperidine rings is 1. The summed E-state index contributed by atoms with van der Waals surface area (Å²) >= 11 is 6.70. The molecule has 0 radical (unpaired) electrons. The van der Waals surface area contributed by atoms with Crippen LogP contribution in [0.3, 0.4) is 0 Å². The Balaban J connectivity index is 1.28. The van der Waals surface area contributed by atoms with Crippen LogP contribution in [0, 0.1) is 5.92 Å². The van der Waals surface area contributed by atoms with Crippen LogP contribution in [0.15, 0.2) is 59.5 Å². The zero-order valence-corrected chi connectivity index (χ0v) is 20.4. The van der Waals surface area contributed by atoms with Gasteiger partial charge in [0.25, 0.3) is 5.91 Å². The van der Waals surface area contributed by atoms with Gasteiger partial charge in [0.2, 0.25) is 5.91 Å². The number of methoxy groups -OCH3 is 1. The lowest BCUT2D eigenvalue weighted by Gasteiger charge is -2.32. The maximum absolute atomic E-state index is 12.9. The molecule has 2 aromatic carbocycles. The van der Waals surface area contributed by atoms with Crippen LogP contribution in [0.25, 0.3) is 6.08 Å². The summed E-state index contributed by atoms with van der Waals surface area (Å²) in [5, 5.41) is 0. The van der Waals surface area contributed by atoms with E-state index in [1.807, 2.05) is 35.2 Å².